The van der Waals surface area contributed by atoms with E-state index in [2.05, 4.69) is 39.1 Å². The van der Waals surface area contributed by atoms with Crippen molar-refractivity contribution >= 4 is 23.0 Å². The number of rotatable bonds is 5. The molecule has 29 heavy (non-hydrogen) atoms. The number of anilines is 3. The van der Waals surface area contributed by atoms with Crippen LogP contribution in [0.5, 0.6) is 5.75 Å². The average Bonchev–Trinajstić information content (AvgIpc) is 3.25. The number of aryl methyl sites for hydroxylation is 1. The molecule has 0 spiro atoms. The summed E-state index contributed by atoms with van der Waals surface area (Å²) in [7, 11) is 0. The van der Waals surface area contributed by atoms with Gasteiger partial charge in [-0.3, -0.25) is 9.69 Å². The Kier molecular flexibility index (Phi) is 5.90. The largest absolute Gasteiger partial charge is 0.506 e. The van der Waals surface area contributed by atoms with Gasteiger partial charge in [0.05, 0.1) is 12.2 Å². The number of aromatic hydroxyl groups is 1. The molecule has 2 aromatic carbocycles. The predicted molar refractivity (Wildman–Crippen MR) is 118 cm³/mol. The van der Waals surface area contributed by atoms with Crippen LogP contribution in [0.2, 0.25) is 0 Å². The summed E-state index contributed by atoms with van der Waals surface area (Å²) in [6.45, 7) is 7.89. The Morgan fingerprint density at radius 3 is 2.38 bits per heavy atom. The highest BCUT2D eigenvalue weighted by Crippen LogP contribution is 2.27. The zero-order valence-electron chi connectivity index (χ0n) is 17.1. The molecule has 0 aromatic heterocycles. The quantitative estimate of drug-likeness (QED) is 0.816. The molecule has 0 aliphatic carbocycles. The van der Waals surface area contributed by atoms with Crippen molar-refractivity contribution in [3.05, 3.63) is 48.0 Å². The number of para-hydroxylation sites is 2. The summed E-state index contributed by atoms with van der Waals surface area (Å²) in [6.07, 6.45) is 2.52. The van der Waals surface area contributed by atoms with E-state index in [9.17, 15) is 9.90 Å². The third kappa shape index (κ3) is 4.65. The maximum atomic E-state index is 12.6. The smallest absolute Gasteiger partial charge is 0.238 e. The van der Waals surface area contributed by atoms with E-state index in [-0.39, 0.29) is 5.91 Å². The highest BCUT2D eigenvalue weighted by atomic mass is 16.3. The fraction of sp³-hybridized carbons (Fsp3) is 0.435. The Morgan fingerprint density at radius 2 is 1.69 bits per heavy atom. The molecule has 2 aliphatic heterocycles. The molecule has 4 rings (SSSR count). The molecule has 154 valence electrons. The SMILES string of the molecule is Cc1cc(N2CCCC2)ccc1NC(=O)CN1CCN(c2ccccc2O)CC1. The van der Waals surface area contributed by atoms with E-state index in [0.29, 0.717) is 12.3 Å². The van der Waals surface area contributed by atoms with Crippen LogP contribution in [-0.4, -0.2) is 61.7 Å². The molecule has 2 fully saturated rings. The van der Waals surface area contributed by atoms with Crippen LogP contribution >= 0.6 is 0 Å². The molecule has 0 saturated carbocycles. The molecule has 0 radical (unpaired) electrons. The fourth-order valence-corrected chi connectivity index (χ4v) is 4.23. The van der Waals surface area contributed by atoms with Gasteiger partial charge in [0, 0.05) is 50.6 Å². The first-order chi connectivity index (χ1) is 14.1. The second-order valence-corrected chi connectivity index (χ2v) is 7.99. The van der Waals surface area contributed by atoms with Crippen LogP contribution < -0.4 is 15.1 Å². The van der Waals surface area contributed by atoms with Gasteiger partial charge < -0.3 is 20.2 Å². The lowest BCUT2D eigenvalue weighted by Gasteiger charge is -2.35. The summed E-state index contributed by atoms with van der Waals surface area (Å²) in [5.74, 6) is 0.338. The van der Waals surface area contributed by atoms with E-state index in [1.54, 1.807) is 6.07 Å². The monoisotopic (exact) mass is 394 g/mol. The van der Waals surface area contributed by atoms with Crippen molar-refractivity contribution < 1.29 is 9.90 Å². The van der Waals surface area contributed by atoms with E-state index in [1.165, 1.54) is 18.5 Å². The van der Waals surface area contributed by atoms with Crippen molar-refractivity contribution in [2.75, 3.05) is 60.9 Å². The van der Waals surface area contributed by atoms with Crippen LogP contribution in [0.15, 0.2) is 42.5 Å². The number of nitrogens with zero attached hydrogens (tertiary/aromatic N) is 3. The van der Waals surface area contributed by atoms with Gasteiger partial charge in [-0.05, 0) is 55.7 Å². The Hall–Kier alpha value is -2.73. The number of amides is 1. The van der Waals surface area contributed by atoms with E-state index < -0.39 is 0 Å². The van der Waals surface area contributed by atoms with Crippen LogP contribution in [0.25, 0.3) is 0 Å². The molecule has 0 unspecified atom stereocenters. The van der Waals surface area contributed by atoms with Gasteiger partial charge in [0.15, 0.2) is 0 Å². The molecule has 2 aromatic rings. The Morgan fingerprint density at radius 1 is 0.966 bits per heavy atom. The second-order valence-electron chi connectivity index (χ2n) is 7.99. The van der Waals surface area contributed by atoms with Gasteiger partial charge in [0.2, 0.25) is 5.91 Å². The van der Waals surface area contributed by atoms with E-state index in [0.717, 1.165) is 56.2 Å². The van der Waals surface area contributed by atoms with Crippen molar-refractivity contribution in [1.82, 2.24) is 4.90 Å². The highest BCUT2D eigenvalue weighted by Gasteiger charge is 2.21. The van der Waals surface area contributed by atoms with Crippen LogP contribution in [0.3, 0.4) is 0 Å². The third-order valence-electron chi connectivity index (χ3n) is 5.92. The molecule has 2 heterocycles. The Balaban J connectivity index is 1.29. The minimum Gasteiger partial charge on any atom is -0.506 e. The van der Waals surface area contributed by atoms with Crippen LogP contribution in [0.4, 0.5) is 17.1 Å². The minimum atomic E-state index is 0.0260. The number of nitrogens with one attached hydrogen (secondary N) is 1. The Labute approximate surface area is 172 Å². The molecule has 2 saturated heterocycles. The molecule has 6 nitrogen and oxygen atoms in total. The first-order valence-corrected chi connectivity index (χ1v) is 10.5. The molecular weight excluding hydrogens is 364 g/mol. The number of piperazine rings is 1. The summed E-state index contributed by atoms with van der Waals surface area (Å²) in [4.78, 5) is 19.3. The summed E-state index contributed by atoms with van der Waals surface area (Å²) in [6, 6.07) is 13.7. The van der Waals surface area contributed by atoms with Gasteiger partial charge in [0.25, 0.3) is 0 Å². The van der Waals surface area contributed by atoms with Crippen molar-refractivity contribution in [3.8, 4) is 5.75 Å². The van der Waals surface area contributed by atoms with Gasteiger partial charge in [-0.25, -0.2) is 0 Å². The molecule has 1 amide bonds. The number of phenolic OH excluding ortho intramolecular Hbond substituents is 1. The fourth-order valence-electron chi connectivity index (χ4n) is 4.23. The van der Waals surface area contributed by atoms with Crippen molar-refractivity contribution in [3.63, 3.8) is 0 Å². The first-order valence-electron chi connectivity index (χ1n) is 10.5. The summed E-state index contributed by atoms with van der Waals surface area (Å²) >= 11 is 0. The third-order valence-corrected chi connectivity index (χ3v) is 5.92. The topological polar surface area (TPSA) is 59.1 Å². The standard InChI is InChI=1S/C23H30N4O2/c1-18-16-19(26-10-4-5-11-26)8-9-20(18)24-23(29)17-25-12-14-27(15-13-25)21-6-2-3-7-22(21)28/h2-3,6-9,16,28H,4-5,10-15,17H2,1H3,(H,24,29). The van der Waals surface area contributed by atoms with Gasteiger partial charge >= 0.3 is 0 Å². The van der Waals surface area contributed by atoms with Gasteiger partial charge in [-0.15, -0.1) is 0 Å². The van der Waals surface area contributed by atoms with Crippen LogP contribution in [0.1, 0.15) is 18.4 Å². The maximum absolute atomic E-state index is 12.6. The second kappa shape index (κ2) is 8.74. The lowest BCUT2D eigenvalue weighted by molar-refractivity contribution is -0.117. The van der Waals surface area contributed by atoms with E-state index in [4.69, 9.17) is 0 Å². The molecule has 6 heteroatoms. The van der Waals surface area contributed by atoms with Crippen molar-refractivity contribution in [1.29, 1.82) is 0 Å². The number of carbonyl (C=O) groups excluding carboxylic acids is 1. The number of hydrogen-bond acceptors (Lipinski definition) is 5. The molecule has 2 N–H and O–H groups in total. The van der Waals surface area contributed by atoms with Gasteiger partial charge in [0.1, 0.15) is 5.75 Å². The summed E-state index contributed by atoms with van der Waals surface area (Å²) in [5, 5.41) is 13.1. The van der Waals surface area contributed by atoms with E-state index in [1.807, 2.05) is 24.3 Å². The van der Waals surface area contributed by atoms with Gasteiger partial charge in [-0.1, -0.05) is 12.1 Å². The maximum Gasteiger partial charge on any atom is 0.238 e. The van der Waals surface area contributed by atoms with Crippen LogP contribution in [0, 0.1) is 6.92 Å². The predicted octanol–water partition coefficient (Wildman–Crippen LogP) is 3.06. The lowest BCUT2D eigenvalue weighted by Crippen LogP contribution is -2.48. The molecule has 0 atom stereocenters. The minimum absolute atomic E-state index is 0.0260. The first kappa shape index (κ1) is 19.6. The number of hydrogen-bond donors (Lipinski definition) is 2. The highest BCUT2D eigenvalue weighted by molar-refractivity contribution is 5.93. The van der Waals surface area contributed by atoms with Crippen LogP contribution in [-0.2, 0) is 4.79 Å². The number of carbonyl (C=O) groups is 1. The average molecular weight is 395 g/mol. The van der Waals surface area contributed by atoms with E-state index >= 15 is 0 Å². The summed E-state index contributed by atoms with van der Waals surface area (Å²) in [5.41, 5.74) is 4.11. The summed E-state index contributed by atoms with van der Waals surface area (Å²) < 4.78 is 0. The van der Waals surface area contributed by atoms with Crippen molar-refractivity contribution in [2.45, 2.75) is 19.8 Å². The normalized spacial score (nSPS) is 17.6. The number of phenols is 1. The molecule has 2 aliphatic rings. The zero-order valence-corrected chi connectivity index (χ0v) is 17.1. The molecular formula is C23H30N4O2. The van der Waals surface area contributed by atoms with Gasteiger partial charge in [-0.2, -0.15) is 0 Å². The van der Waals surface area contributed by atoms with Crippen molar-refractivity contribution in [2.24, 2.45) is 0 Å². The number of benzene rings is 2. The Bertz CT molecular complexity index is 856. The lowest BCUT2D eigenvalue weighted by atomic mass is 10.1. The molecule has 0 bridgehead atoms. The zero-order chi connectivity index (χ0) is 20.2.